The lowest BCUT2D eigenvalue weighted by atomic mass is 10.1. The summed E-state index contributed by atoms with van der Waals surface area (Å²) < 4.78 is 0. The molecule has 2 amide bonds. The monoisotopic (exact) mass is 383 g/mol. The fraction of sp³-hybridized carbons (Fsp3) is 0.105. The van der Waals surface area contributed by atoms with Crippen molar-refractivity contribution in [2.75, 3.05) is 6.54 Å². The summed E-state index contributed by atoms with van der Waals surface area (Å²) in [5, 5.41) is 24.5. The van der Waals surface area contributed by atoms with Crippen LogP contribution in [-0.2, 0) is 9.59 Å². The molecule has 9 heteroatoms. The average Bonchev–Trinajstić information content (AvgIpc) is 2.68. The number of carboxylic acids is 1. The Morgan fingerprint density at radius 2 is 1.79 bits per heavy atom. The highest BCUT2D eigenvalue weighted by molar-refractivity contribution is 6.05. The minimum absolute atomic E-state index is 0.137. The quantitative estimate of drug-likeness (QED) is 0.362. The van der Waals surface area contributed by atoms with E-state index < -0.39 is 22.7 Å². The van der Waals surface area contributed by atoms with E-state index in [-0.39, 0.29) is 24.4 Å². The van der Waals surface area contributed by atoms with E-state index in [1.807, 2.05) is 0 Å². The summed E-state index contributed by atoms with van der Waals surface area (Å²) in [7, 11) is 0. The second-order valence-corrected chi connectivity index (χ2v) is 5.63. The van der Waals surface area contributed by atoms with Crippen LogP contribution < -0.4 is 10.6 Å². The van der Waals surface area contributed by atoms with Crippen LogP contribution in [0.4, 0.5) is 5.69 Å². The van der Waals surface area contributed by atoms with Gasteiger partial charge in [0.15, 0.2) is 0 Å². The molecule has 144 valence electrons. The molecule has 0 aliphatic carbocycles. The van der Waals surface area contributed by atoms with Crippen LogP contribution in [0.5, 0.6) is 0 Å². The van der Waals surface area contributed by atoms with Crippen LogP contribution in [-0.4, -0.2) is 34.4 Å². The van der Waals surface area contributed by atoms with E-state index in [0.29, 0.717) is 11.1 Å². The van der Waals surface area contributed by atoms with Gasteiger partial charge in [0, 0.05) is 24.2 Å². The number of aliphatic carboxylic acids is 1. The van der Waals surface area contributed by atoms with E-state index in [1.165, 1.54) is 30.3 Å². The fourth-order valence-electron chi connectivity index (χ4n) is 2.22. The van der Waals surface area contributed by atoms with Crippen molar-refractivity contribution < 1.29 is 24.4 Å². The Labute approximate surface area is 159 Å². The zero-order chi connectivity index (χ0) is 20.5. The molecule has 3 N–H and O–H groups in total. The summed E-state index contributed by atoms with van der Waals surface area (Å²) in [6.45, 7) is -0.137. The summed E-state index contributed by atoms with van der Waals surface area (Å²) in [4.78, 5) is 45.7. The first kappa shape index (κ1) is 20.3. The molecule has 9 nitrogen and oxygen atoms in total. The van der Waals surface area contributed by atoms with Gasteiger partial charge in [-0.15, -0.1) is 0 Å². The maximum Gasteiger partial charge on any atom is 0.305 e. The molecule has 2 rings (SSSR count). The predicted molar refractivity (Wildman–Crippen MR) is 100 cm³/mol. The van der Waals surface area contributed by atoms with Gasteiger partial charge < -0.3 is 15.7 Å². The first-order chi connectivity index (χ1) is 13.4. The third-order valence-corrected chi connectivity index (χ3v) is 3.55. The van der Waals surface area contributed by atoms with Crippen LogP contribution in [0, 0.1) is 10.1 Å². The van der Waals surface area contributed by atoms with Gasteiger partial charge in [-0.1, -0.05) is 30.3 Å². The van der Waals surface area contributed by atoms with Crippen LogP contribution in [0.15, 0.2) is 60.3 Å². The minimum Gasteiger partial charge on any atom is -0.481 e. The average molecular weight is 383 g/mol. The lowest BCUT2D eigenvalue weighted by Crippen LogP contribution is -2.35. The molecule has 0 aliphatic rings. The fourth-order valence-corrected chi connectivity index (χ4v) is 2.22. The molecule has 2 aromatic rings. The summed E-state index contributed by atoms with van der Waals surface area (Å²) >= 11 is 0. The third kappa shape index (κ3) is 6.06. The SMILES string of the molecule is O=C(O)CCNC(=O)/C(=C/c1cccc([N+](=O)[O-])c1)NC(=O)c1ccccc1. The number of benzene rings is 2. The highest BCUT2D eigenvalue weighted by Gasteiger charge is 2.15. The first-order valence-electron chi connectivity index (χ1n) is 8.19. The number of carboxylic acid groups (broad SMARTS) is 1. The molecule has 0 spiro atoms. The van der Waals surface area contributed by atoms with Crippen molar-refractivity contribution in [3.8, 4) is 0 Å². The second-order valence-electron chi connectivity index (χ2n) is 5.63. The Morgan fingerprint density at radius 3 is 2.43 bits per heavy atom. The molecular weight excluding hydrogens is 366 g/mol. The Bertz CT molecular complexity index is 924. The zero-order valence-corrected chi connectivity index (χ0v) is 14.6. The molecule has 0 unspecified atom stereocenters. The number of carbonyl (C=O) groups is 3. The van der Waals surface area contributed by atoms with Crippen molar-refractivity contribution in [1.29, 1.82) is 0 Å². The van der Waals surface area contributed by atoms with Crippen LogP contribution >= 0.6 is 0 Å². The maximum absolute atomic E-state index is 12.4. The number of non-ortho nitro benzene ring substituents is 1. The summed E-state index contributed by atoms with van der Waals surface area (Å²) in [5.41, 5.74) is 0.297. The topological polar surface area (TPSA) is 139 Å². The maximum atomic E-state index is 12.4. The molecule has 0 saturated carbocycles. The van der Waals surface area contributed by atoms with Crippen LogP contribution in [0.3, 0.4) is 0 Å². The largest absolute Gasteiger partial charge is 0.481 e. The molecule has 28 heavy (non-hydrogen) atoms. The zero-order valence-electron chi connectivity index (χ0n) is 14.6. The van der Waals surface area contributed by atoms with Gasteiger partial charge in [0.1, 0.15) is 5.70 Å². The van der Waals surface area contributed by atoms with E-state index in [9.17, 15) is 24.5 Å². The number of nitro benzene ring substituents is 1. The predicted octanol–water partition coefficient (Wildman–Crippen LogP) is 1.96. The molecular formula is C19H17N3O6. The molecule has 2 aromatic carbocycles. The second kappa shape index (κ2) is 9.62. The number of nitro groups is 1. The smallest absolute Gasteiger partial charge is 0.305 e. The number of nitrogens with zero attached hydrogens (tertiary/aromatic N) is 1. The van der Waals surface area contributed by atoms with Gasteiger partial charge >= 0.3 is 5.97 Å². The van der Waals surface area contributed by atoms with Gasteiger partial charge in [0.25, 0.3) is 17.5 Å². The van der Waals surface area contributed by atoms with Crippen molar-refractivity contribution in [3.63, 3.8) is 0 Å². The molecule has 0 atom stereocenters. The number of carbonyl (C=O) groups excluding carboxylic acids is 2. The normalized spacial score (nSPS) is 10.8. The minimum atomic E-state index is -1.09. The van der Waals surface area contributed by atoms with Crippen molar-refractivity contribution in [1.82, 2.24) is 10.6 Å². The molecule has 0 heterocycles. The molecule has 0 radical (unpaired) electrons. The van der Waals surface area contributed by atoms with E-state index in [1.54, 1.807) is 30.3 Å². The standard InChI is InChI=1S/C19H17N3O6/c23-17(24)9-10-20-19(26)16(21-18(25)14-6-2-1-3-7-14)12-13-5-4-8-15(11-13)22(27)28/h1-8,11-12H,9-10H2,(H,20,26)(H,21,25)(H,23,24)/b16-12-. The summed E-state index contributed by atoms with van der Waals surface area (Å²) in [6.07, 6.45) is 0.992. The number of rotatable bonds is 8. The number of hydrogen-bond donors (Lipinski definition) is 3. The van der Waals surface area contributed by atoms with Crippen molar-refractivity contribution in [3.05, 3.63) is 81.5 Å². The van der Waals surface area contributed by atoms with Gasteiger partial charge in [-0.05, 0) is 23.8 Å². The number of nitrogens with one attached hydrogen (secondary N) is 2. The highest BCUT2D eigenvalue weighted by Crippen LogP contribution is 2.15. The van der Waals surface area contributed by atoms with E-state index in [0.717, 1.165) is 0 Å². The Hall–Kier alpha value is -4.01. The van der Waals surface area contributed by atoms with Crippen molar-refractivity contribution in [2.45, 2.75) is 6.42 Å². The Kier molecular flexibility index (Phi) is 6.98. The van der Waals surface area contributed by atoms with Crippen molar-refractivity contribution in [2.24, 2.45) is 0 Å². The number of amides is 2. The Balaban J connectivity index is 2.28. The lowest BCUT2D eigenvalue weighted by Gasteiger charge is -2.11. The highest BCUT2D eigenvalue weighted by atomic mass is 16.6. The summed E-state index contributed by atoms with van der Waals surface area (Å²) in [5.74, 6) is -2.35. The molecule has 0 aliphatic heterocycles. The molecule has 0 bridgehead atoms. The van der Waals surface area contributed by atoms with Gasteiger partial charge in [-0.2, -0.15) is 0 Å². The van der Waals surface area contributed by atoms with Crippen LogP contribution in [0.25, 0.3) is 6.08 Å². The van der Waals surface area contributed by atoms with Gasteiger partial charge in [0.05, 0.1) is 11.3 Å². The number of hydrogen-bond acceptors (Lipinski definition) is 5. The van der Waals surface area contributed by atoms with Gasteiger partial charge in [-0.25, -0.2) is 0 Å². The third-order valence-electron chi connectivity index (χ3n) is 3.55. The van der Waals surface area contributed by atoms with Crippen LogP contribution in [0.2, 0.25) is 0 Å². The van der Waals surface area contributed by atoms with Gasteiger partial charge in [0.2, 0.25) is 0 Å². The summed E-state index contributed by atoms with van der Waals surface area (Å²) in [6, 6.07) is 13.7. The lowest BCUT2D eigenvalue weighted by molar-refractivity contribution is -0.384. The molecule has 0 saturated heterocycles. The van der Waals surface area contributed by atoms with E-state index >= 15 is 0 Å². The van der Waals surface area contributed by atoms with Crippen LogP contribution in [0.1, 0.15) is 22.3 Å². The van der Waals surface area contributed by atoms with E-state index in [4.69, 9.17) is 5.11 Å². The van der Waals surface area contributed by atoms with Gasteiger partial charge in [-0.3, -0.25) is 24.5 Å². The van der Waals surface area contributed by atoms with E-state index in [2.05, 4.69) is 10.6 Å². The van der Waals surface area contributed by atoms with Crippen molar-refractivity contribution >= 4 is 29.5 Å². The molecule has 0 aromatic heterocycles. The molecule has 0 fully saturated rings. The Morgan fingerprint density at radius 1 is 1.07 bits per heavy atom. The first-order valence-corrected chi connectivity index (χ1v) is 8.19.